The maximum atomic E-state index is 17.0. The summed E-state index contributed by atoms with van der Waals surface area (Å²) in [5.41, 5.74) is 0.138. The number of rotatable bonds is 13. The monoisotopic (exact) mass is 1080 g/mol. The third-order valence-electron chi connectivity index (χ3n) is 16.5. The lowest BCUT2D eigenvalue weighted by atomic mass is 9.86. The molecule has 6 atom stereocenters. The molecule has 4 amide bonds. The molecule has 0 radical (unpaired) electrons. The van der Waals surface area contributed by atoms with Crippen molar-refractivity contribution in [1.29, 1.82) is 0 Å². The van der Waals surface area contributed by atoms with E-state index < -0.39 is 77.4 Å². The molecule has 0 spiro atoms. The van der Waals surface area contributed by atoms with E-state index in [-0.39, 0.29) is 84.9 Å². The van der Waals surface area contributed by atoms with Gasteiger partial charge in [-0.2, -0.15) is 0 Å². The number of fused-ring (bicyclic) bond motifs is 2. The Hall–Kier alpha value is -7.45. The lowest BCUT2D eigenvalue weighted by Crippen LogP contribution is -2.51. The highest BCUT2D eigenvalue weighted by Crippen LogP contribution is 2.50. The second-order valence-electron chi connectivity index (χ2n) is 21.9. The average molecular weight is 1080 g/mol. The smallest absolute Gasteiger partial charge is 0.407 e. The number of carbonyl (C=O) groups excluding carboxylic acids is 3. The zero-order valence-electron chi connectivity index (χ0n) is 44.5. The van der Waals surface area contributed by atoms with E-state index in [2.05, 4.69) is 15.3 Å². The molecule has 6 aromatic rings. The largest absolute Gasteiger partial charge is 0.465 e. The predicted octanol–water partition coefficient (Wildman–Crippen LogP) is 10.9. The van der Waals surface area contributed by atoms with Crippen LogP contribution in [0.5, 0.6) is 0 Å². The molecule has 0 unspecified atom stereocenters. The van der Waals surface area contributed by atoms with Crippen molar-refractivity contribution in [3.63, 3.8) is 0 Å². The van der Waals surface area contributed by atoms with E-state index in [1.165, 1.54) is 31.2 Å². The van der Waals surface area contributed by atoms with Crippen molar-refractivity contribution in [2.24, 2.45) is 11.8 Å². The third-order valence-corrected chi connectivity index (χ3v) is 16.5. The number of aromatic amines is 2. The van der Waals surface area contributed by atoms with Crippen molar-refractivity contribution in [3.05, 3.63) is 118 Å². The fourth-order valence-electron chi connectivity index (χ4n) is 12.5. The summed E-state index contributed by atoms with van der Waals surface area (Å²) in [6.45, 7) is 7.98. The number of carboxylic acid groups (broad SMARTS) is 1. The minimum atomic E-state index is -1.68. The number of carbonyl (C=O) groups is 4. The first-order chi connectivity index (χ1) is 37.3. The summed E-state index contributed by atoms with van der Waals surface area (Å²) in [5.74, 6) is -3.68. The third kappa shape index (κ3) is 9.92. The zero-order chi connectivity index (χ0) is 55.5. The summed E-state index contributed by atoms with van der Waals surface area (Å²) in [7, 11) is 2.58. The number of likely N-dealkylation sites (tertiary alicyclic amines) is 2. The molecule has 4 saturated heterocycles. The van der Waals surface area contributed by atoms with Gasteiger partial charge in [-0.05, 0) is 92.3 Å². The van der Waals surface area contributed by atoms with Crippen molar-refractivity contribution in [2.75, 3.05) is 50.1 Å². The fraction of sp³-hybridized carbons (Fsp3) is 0.474. The number of nitrogens with zero attached hydrogens (tertiary/aromatic N) is 7. The van der Waals surface area contributed by atoms with Crippen LogP contribution < -0.4 is 15.1 Å². The number of likely N-dealkylation sites (N-methyl/N-ethyl adjacent to an activating group) is 1. The van der Waals surface area contributed by atoms with Crippen molar-refractivity contribution in [2.45, 2.75) is 121 Å². The predicted molar refractivity (Wildman–Crippen MR) is 282 cm³/mol. The quantitative estimate of drug-likeness (QED) is 0.0812. The maximum absolute atomic E-state index is 17.0. The lowest BCUT2D eigenvalue weighted by molar-refractivity contribution is -0.138. The van der Waals surface area contributed by atoms with E-state index in [0.29, 0.717) is 78.1 Å². The highest BCUT2D eigenvalue weighted by Gasteiger charge is 2.44. The summed E-state index contributed by atoms with van der Waals surface area (Å²) < 4.78 is 88.6. The molecule has 10 rings (SSSR count). The van der Waals surface area contributed by atoms with Gasteiger partial charge in [-0.3, -0.25) is 14.5 Å². The Bertz CT molecular complexity index is 3230. The van der Waals surface area contributed by atoms with Gasteiger partial charge in [0.1, 0.15) is 46.7 Å². The average Bonchev–Trinajstić information content (AvgIpc) is 4.31. The number of benzene rings is 4. The van der Waals surface area contributed by atoms with Gasteiger partial charge in [0.25, 0.3) is 0 Å². The van der Waals surface area contributed by atoms with Crippen LogP contribution in [0.1, 0.15) is 132 Å². The van der Waals surface area contributed by atoms with Crippen molar-refractivity contribution < 1.29 is 51.0 Å². The molecular weight excluding hydrogens is 1020 g/mol. The van der Waals surface area contributed by atoms with Gasteiger partial charge in [-0.1, -0.05) is 58.0 Å². The van der Waals surface area contributed by atoms with Gasteiger partial charge in [-0.25, -0.2) is 41.5 Å². The molecule has 4 aliphatic rings. The first-order valence-electron chi connectivity index (χ1n) is 26.8. The first-order valence-corrected chi connectivity index (χ1v) is 26.8. The summed E-state index contributed by atoms with van der Waals surface area (Å²) in [4.78, 5) is 75.8. The highest BCUT2D eigenvalue weighted by molar-refractivity contribution is 5.87. The molecule has 21 heteroatoms. The zero-order valence-corrected chi connectivity index (χ0v) is 44.5. The van der Waals surface area contributed by atoms with Crippen LogP contribution in [0.15, 0.2) is 66.7 Å². The number of nitrogens with one attached hydrogen (secondary N) is 3. The van der Waals surface area contributed by atoms with Gasteiger partial charge in [0.15, 0.2) is 11.6 Å². The van der Waals surface area contributed by atoms with Crippen molar-refractivity contribution >= 4 is 57.4 Å². The number of alkyl carbamates (subject to hydrolysis) is 1. The maximum Gasteiger partial charge on any atom is 0.407 e. The van der Waals surface area contributed by atoms with Gasteiger partial charge in [-0.15, -0.1) is 0 Å². The van der Waals surface area contributed by atoms with Crippen molar-refractivity contribution in [1.82, 2.24) is 40.0 Å². The van der Waals surface area contributed by atoms with Crippen LogP contribution in [-0.4, -0.2) is 116 Å². The number of amides is 4. The molecule has 4 fully saturated rings. The number of hydrogen-bond acceptors (Lipinski definition) is 9. The number of piperidine rings is 1. The molecule has 4 aromatic carbocycles. The topological polar surface area (TPSA) is 183 Å². The van der Waals surface area contributed by atoms with Gasteiger partial charge in [0.05, 0.1) is 53.3 Å². The van der Waals surface area contributed by atoms with Crippen LogP contribution in [0.3, 0.4) is 0 Å². The standard InChI is InChI=1S/C57H65F5N10O6/c1-30(2)48(67-55(75)78-6)53(73)70-20-10-14-46(70)51-63-40-26-34(36(58)28-42(40)65-51)44-16-17-45(72(44)33-24-38(60)50(39(61)25-33)69-22-18-57(62,19-23-69)32-12-8-7-9-13-32)35-27-41-43(29-37(35)59)66-52(64-41)47-15-11-21-71(47)54(74)49(31(3)4)68(5)56(76)77/h7-9,12-13,24-31,44-49H,10-11,14-23H2,1-6H3,(H,63,65)(H,64,66)(H,67,75)(H,76,77)/t44-,45-,46+,47+,48+,49+/m1/s1. The molecular formula is C57H65F5N10O6. The Morgan fingerprint density at radius 3 is 1.69 bits per heavy atom. The lowest BCUT2D eigenvalue weighted by Gasteiger charge is -2.38. The van der Waals surface area contributed by atoms with Crippen molar-refractivity contribution in [3.8, 4) is 0 Å². The molecule has 0 aliphatic carbocycles. The summed E-state index contributed by atoms with van der Waals surface area (Å²) in [6, 6.07) is 12.0. The van der Waals surface area contributed by atoms with E-state index in [4.69, 9.17) is 14.7 Å². The van der Waals surface area contributed by atoms with E-state index in [1.807, 2.05) is 13.8 Å². The van der Waals surface area contributed by atoms with E-state index in [1.54, 1.807) is 71.0 Å². The molecule has 0 saturated carbocycles. The Labute approximate surface area is 448 Å². The summed E-state index contributed by atoms with van der Waals surface area (Å²) in [5, 5.41) is 12.4. The van der Waals surface area contributed by atoms with E-state index in [9.17, 15) is 24.3 Å². The Morgan fingerprint density at radius 2 is 1.22 bits per heavy atom. The van der Waals surface area contributed by atoms with Crippen LogP contribution in [0.2, 0.25) is 0 Å². The minimum Gasteiger partial charge on any atom is -0.465 e. The number of ether oxygens (including phenoxy) is 1. The molecule has 6 heterocycles. The Kier molecular flexibility index (Phi) is 14.8. The fourth-order valence-corrected chi connectivity index (χ4v) is 12.5. The summed E-state index contributed by atoms with van der Waals surface area (Å²) >= 11 is 0. The van der Waals surface area contributed by atoms with Crippen LogP contribution >= 0.6 is 0 Å². The normalized spacial score (nSPS) is 21.3. The Balaban J connectivity index is 1.00. The van der Waals surface area contributed by atoms with Crippen LogP contribution in [-0.2, 0) is 20.0 Å². The summed E-state index contributed by atoms with van der Waals surface area (Å²) in [6.07, 6.45) is 0.756. The SMILES string of the molecule is COC(=O)N[C@H](C(=O)N1CCC[C@H]1c1nc2cc([C@H]3CC[C@H](c4cc5nc([C@@H]6CCCN6C(=O)[C@H](C(C)C)N(C)C(=O)O)[nH]c5cc4F)N3c3cc(F)c(N4CCC(F)(c5ccccc5)CC4)c(F)c3)c(F)cc2[nH]1)C(C)C. The minimum absolute atomic E-state index is 0.00297. The van der Waals surface area contributed by atoms with E-state index >= 15 is 22.0 Å². The molecule has 4 aliphatic heterocycles. The van der Waals surface area contributed by atoms with Gasteiger partial charge < -0.3 is 44.7 Å². The van der Waals surface area contributed by atoms with Gasteiger partial charge in [0.2, 0.25) is 11.8 Å². The van der Waals surface area contributed by atoms with E-state index in [0.717, 1.165) is 17.0 Å². The number of halogens is 5. The molecule has 78 heavy (non-hydrogen) atoms. The molecule has 414 valence electrons. The highest BCUT2D eigenvalue weighted by atomic mass is 19.2. The number of alkyl halides is 1. The van der Waals surface area contributed by atoms with Crippen LogP contribution in [0, 0.1) is 35.1 Å². The van der Waals surface area contributed by atoms with Gasteiger partial charge >= 0.3 is 12.2 Å². The molecule has 16 nitrogen and oxygen atoms in total. The molecule has 0 bridgehead atoms. The second-order valence-corrected chi connectivity index (χ2v) is 21.9. The molecule has 2 aromatic heterocycles. The second kappa shape index (κ2) is 21.4. The molecule has 4 N–H and O–H groups in total. The number of methoxy groups -OCH3 is 1. The van der Waals surface area contributed by atoms with Crippen LogP contribution in [0.25, 0.3) is 22.1 Å². The first kappa shape index (κ1) is 53.9. The Morgan fingerprint density at radius 1 is 0.705 bits per heavy atom. The number of imidazole rings is 2. The number of anilines is 2. The number of aromatic nitrogens is 4. The van der Waals surface area contributed by atoms with Gasteiger partial charge in [0, 0.05) is 62.9 Å². The number of hydrogen-bond donors (Lipinski definition) is 4. The number of H-pyrrole nitrogens is 2. The van der Waals surface area contributed by atoms with Crippen LogP contribution in [0.4, 0.5) is 42.9 Å².